The van der Waals surface area contributed by atoms with Gasteiger partial charge in [0, 0.05) is 39.4 Å². The second kappa shape index (κ2) is 7.60. The summed E-state index contributed by atoms with van der Waals surface area (Å²) in [5.41, 5.74) is 0. The van der Waals surface area contributed by atoms with Crippen LogP contribution in [0.2, 0.25) is 0 Å². The maximum absolute atomic E-state index is 12.9. The molecule has 2 fully saturated rings. The van der Waals surface area contributed by atoms with Gasteiger partial charge in [-0.2, -0.15) is 17.0 Å². The molecule has 0 aromatic carbocycles. The van der Waals surface area contributed by atoms with E-state index in [0.717, 1.165) is 12.8 Å². The van der Waals surface area contributed by atoms with E-state index in [-0.39, 0.29) is 18.1 Å². The summed E-state index contributed by atoms with van der Waals surface area (Å²) >= 11 is 0. The third-order valence-corrected chi connectivity index (χ3v) is 8.33. The summed E-state index contributed by atoms with van der Waals surface area (Å²) in [5.74, 6) is 0.336. The van der Waals surface area contributed by atoms with Gasteiger partial charge in [-0.25, -0.2) is 8.42 Å². The lowest BCUT2D eigenvalue weighted by Gasteiger charge is -2.36. The topological polar surface area (TPSA) is 84.0 Å². The second-order valence-corrected chi connectivity index (χ2v) is 10.3. The highest BCUT2D eigenvalue weighted by Crippen LogP contribution is 2.26. The van der Waals surface area contributed by atoms with E-state index in [1.54, 1.807) is 7.11 Å². The fourth-order valence-electron chi connectivity index (χ4n) is 3.25. The molecule has 2 aliphatic rings. The lowest BCUT2D eigenvalue weighted by molar-refractivity contribution is 0.119. The van der Waals surface area contributed by atoms with Crippen LogP contribution in [0.4, 0.5) is 0 Å². The van der Waals surface area contributed by atoms with Gasteiger partial charge in [-0.05, 0) is 25.2 Å². The smallest absolute Gasteiger partial charge is 0.282 e. The third-order valence-electron chi connectivity index (χ3n) is 4.52. The molecule has 1 atom stereocenters. The van der Waals surface area contributed by atoms with Gasteiger partial charge >= 0.3 is 0 Å². The summed E-state index contributed by atoms with van der Waals surface area (Å²) < 4.78 is 57.1. The van der Waals surface area contributed by atoms with Crippen LogP contribution in [-0.4, -0.2) is 76.3 Å². The van der Waals surface area contributed by atoms with Crippen molar-refractivity contribution in [1.29, 1.82) is 0 Å². The molecule has 2 rings (SSSR count). The van der Waals surface area contributed by atoms with Crippen LogP contribution < -0.4 is 0 Å². The minimum absolute atomic E-state index is 0.0523. The van der Waals surface area contributed by atoms with E-state index in [9.17, 15) is 16.8 Å². The lowest BCUT2D eigenvalue weighted by atomic mass is 9.99. The molecule has 134 valence electrons. The molecule has 0 aromatic rings. The van der Waals surface area contributed by atoms with Gasteiger partial charge in [-0.1, -0.05) is 6.08 Å². The maximum Gasteiger partial charge on any atom is 0.282 e. The monoisotopic (exact) mass is 366 g/mol. The Morgan fingerprint density at radius 2 is 1.96 bits per heavy atom. The lowest BCUT2D eigenvalue weighted by Crippen LogP contribution is -2.51. The van der Waals surface area contributed by atoms with Crippen molar-refractivity contribution in [3.05, 3.63) is 12.7 Å². The molecule has 1 unspecified atom stereocenters. The number of methoxy groups -OCH3 is 1. The minimum atomic E-state index is -3.67. The molecule has 7 nitrogen and oxygen atoms in total. The van der Waals surface area contributed by atoms with E-state index in [2.05, 4.69) is 6.58 Å². The molecule has 9 heteroatoms. The number of sulfone groups is 1. The first-order chi connectivity index (χ1) is 10.8. The highest BCUT2D eigenvalue weighted by Gasteiger charge is 2.40. The van der Waals surface area contributed by atoms with Gasteiger partial charge in [0.05, 0.1) is 11.5 Å². The Hall–Kier alpha value is -0.480. The van der Waals surface area contributed by atoms with Crippen LogP contribution in [0, 0.1) is 5.92 Å². The number of piperidine rings is 1. The Morgan fingerprint density at radius 1 is 1.30 bits per heavy atom. The van der Waals surface area contributed by atoms with E-state index in [1.807, 2.05) is 0 Å². The van der Waals surface area contributed by atoms with Crippen molar-refractivity contribution in [2.75, 3.05) is 44.9 Å². The highest BCUT2D eigenvalue weighted by molar-refractivity contribution is 7.91. The number of rotatable bonds is 7. The van der Waals surface area contributed by atoms with Crippen LogP contribution in [0.3, 0.4) is 0 Å². The zero-order chi connectivity index (χ0) is 17.1. The number of hydrogen-bond donors (Lipinski definition) is 0. The first-order valence-electron chi connectivity index (χ1n) is 7.87. The van der Waals surface area contributed by atoms with Crippen molar-refractivity contribution in [2.45, 2.75) is 25.3 Å². The fourth-order valence-corrected chi connectivity index (χ4v) is 6.90. The van der Waals surface area contributed by atoms with Crippen molar-refractivity contribution >= 4 is 20.0 Å². The van der Waals surface area contributed by atoms with Crippen LogP contribution >= 0.6 is 0 Å². The SMILES string of the molecule is C=CCN(C1CCS(=O)(=O)C1)S(=O)(=O)N1CCC(COC)CC1. The maximum atomic E-state index is 12.9. The van der Waals surface area contributed by atoms with E-state index in [0.29, 0.717) is 32.0 Å². The third kappa shape index (κ3) is 4.54. The van der Waals surface area contributed by atoms with Crippen molar-refractivity contribution < 1.29 is 21.6 Å². The number of hydrogen-bond acceptors (Lipinski definition) is 5. The Labute approximate surface area is 139 Å². The van der Waals surface area contributed by atoms with Crippen LogP contribution in [0.5, 0.6) is 0 Å². The molecule has 2 saturated heterocycles. The molecule has 0 aliphatic carbocycles. The summed E-state index contributed by atoms with van der Waals surface area (Å²) in [6.45, 7) is 5.29. The largest absolute Gasteiger partial charge is 0.384 e. The molecule has 2 aliphatic heterocycles. The molecule has 0 amide bonds. The average molecular weight is 367 g/mol. The van der Waals surface area contributed by atoms with E-state index in [4.69, 9.17) is 4.74 Å². The predicted octanol–water partition coefficient (Wildman–Crippen LogP) is 0.265. The van der Waals surface area contributed by atoms with Crippen molar-refractivity contribution in [1.82, 2.24) is 8.61 Å². The van der Waals surface area contributed by atoms with Crippen LogP contribution in [0.25, 0.3) is 0 Å². The van der Waals surface area contributed by atoms with Crippen LogP contribution in [0.1, 0.15) is 19.3 Å². The first kappa shape index (κ1) is 18.9. The van der Waals surface area contributed by atoms with Crippen molar-refractivity contribution in [2.24, 2.45) is 5.92 Å². The zero-order valence-electron chi connectivity index (χ0n) is 13.6. The van der Waals surface area contributed by atoms with Gasteiger partial charge in [0.1, 0.15) is 0 Å². The summed E-state index contributed by atoms with van der Waals surface area (Å²) in [4.78, 5) is 0. The summed E-state index contributed by atoms with van der Waals surface area (Å²) in [6.07, 6.45) is 3.39. The minimum Gasteiger partial charge on any atom is -0.384 e. The molecule has 0 spiro atoms. The van der Waals surface area contributed by atoms with Gasteiger partial charge in [-0.15, -0.1) is 6.58 Å². The predicted molar refractivity (Wildman–Crippen MR) is 89.1 cm³/mol. The molecule has 0 N–H and O–H groups in total. The summed E-state index contributed by atoms with van der Waals surface area (Å²) in [7, 11) is -5.16. The Bertz CT molecular complexity index is 609. The van der Waals surface area contributed by atoms with E-state index >= 15 is 0 Å². The molecular formula is C14H26N2O5S2. The van der Waals surface area contributed by atoms with Gasteiger partial charge in [-0.3, -0.25) is 0 Å². The summed E-state index contributed by atoms with van der Waals surface area (Å²) in [6, 6.07) is -0.486. The highest BCUT2D eigenvalue weighted by atomic mass is 32.2. The van der Waals surface area contributed by atoms with E-state index < -0.39 is 26.1 Å². The molecule has 2 heterocycles. The van der Waals surface area contributed by atoms with Crippen molar-refractivity contribution in [3.8, 4) is 0 Å². The quantitative estimate of drug-likeness (QED) is 0.604. The number of ether oxygens (including phenoxy) is 1. The second-order valence-electron chi connectivity index (χ2n) is 6.22. The standard InChI is InChI=1S/C14H26N2O5S2/c1-3-7-16(14-6-10-22(17,18)12-14)23(19,20)15-8-4-13(5-9-15)11-21-2/h3,13-14H,1,4-12H2,2H3. The molecule has 23 heavy (non-hydrogen) atoms. The Morgan fingerprint density at radius 3 is 2.43 bits per heavy atom. The van der Waals surface area contributed by atoms with Crippen LogP contribution in [0.15, 0.2) is 12.7 Å². The fraction of sp³-hybridized carbons (Fsp3) is 0.857. The molecule has 0 aromatic heterocycles. The van der Waals surface area contributed by atoms with Gasteiger partial charge in [0.25, 0.3) is 10.2 Å². The normalized spacial score (nSPS) is 26.6. The van der Waals surface area contributed by atoms with Crippen molar-refractivity contribution in [3.63, 3.8) is 0 Å². The van der Waals surface area contributed by atoms with Gasteiger partial charge in [0.2, 0.25) is 0 Å². The Kier molecular flexibility index (Phi) is 6.23. The molecule has 0 radical (unpaired) electrons. The van der Waals surface area contributed by atoms with Gasteiger partial charge < -0.3 is 4.74 Å². The summed E-state index contributed by atoms with van der Waals surface area (Å²) in [5, 5.41) is 0. The molecular weight excluding hydrogens is 340 g/mol. The Balaban J connectivity index is 2.10. The molecule has 0 bridgehead atoms. The number of nitrogens with zero attached hydrogens (tertiary/aromatic N) is 2. The van der Waals surface area contributed by atoms with E-state index in [1.165, 1.54) is 14.7 Å². The zero-order valence-corrected chi connectivity index (χ0v) is 15.2. The molecule has 0 saturated carbocycles. The average Bonchev–Trinajstić information content (AvgIpc) is 2.85. The van der Waals surface area contributed by atoms with Gasteiger partial charge in [0.15, 0.2) is 9.84 Å². The first-order valence-corrected chi connectivity index (χ1v) is 11.1. The van der Waals surface area contributed by atoms with Crippen LogP contribution in [-0.2, 0) is 24.8 Å².